The van der Waals surface area contributed by atoms with E-state index in [1.165, 1.54) is 17.5 Å². The molecule has 0 radical (unpaired) electrons. The van der Waals surface area contributed by atoms with Crippen molar-refractivity contribution in [2.45, 2.75) is 39.0 Å². The summed E-state index contributed by atoms with van der Waals surface area (Å²) in [6, 6.07) is 8.93. The SMILES string of the molecule is CCCc1ccc(C2(C(CO)C(C)C)COC2)cc1. The molecule has 1 aromatic rings. The molecule has 0 spiro atoms. The Kier molecular flexibility index (Phi) is 4.64. The highest BCUT2D eigenvalue weighted by molar-refractivity contribution is 5.32. The molecule has 1 aliphatic heterocycles. The predicted molar refractivity (Wildman–Crippen MR) is 78.3 cm³/mol. The highest BCUT2D eigenvalue weighted by Gasteiger charge is 2.47. The second-order valence-electron chi connectivity index (χ2n) is 6.13. The lowest BCUT2D eigenvalue weighted by atomic mass is 9.65. The van der Waals surface area contributed by atoms with E-state index in [9.17, 15) is 5.11 Å². The van der Waals surface area contributed by atoms with Gasteiger partial charge in [-0.05, 0) is 29.4 Å². The quantitative estimate of drug-likeness (QED) is 0.853. The van der Waals surface area contributed by atoms with Crippen LogP contribution in [0.5, 0.6) is 0 Å². The first-order valence-corrected chi connectivity index (χ1v) is 7.42. The zero-order valence-corrected chi connectivity index (χ0v) is 12.4. The maximum absolute atomic E-state index is 9.74. The van der Waals surface area contributed by atoms with E-state index in [0.29, 0.717) is 5.92 Å². The summed E-state index contributed by atoms with van der Waals surface area (Å²) in [6.45, 7) is 8.29. The monoisotopic (exact) mass is 262 g/mol. The Balaban J connectivity index is 2.25. The minimum atomic E-state index is 0.0215. The van der Waals surface area contributed by atoms with Crippen LogP contribution in [0, 0.1) is 11.8 Å². The van der Waals surface area contributed by atoms with Crippen LogP contribution in [-0.4, -0.2) is 24.9 Å². The van der Waals surface area contributed by atoms with Crippen LogP contribution in [0.2, 0.25) is 0 Å². The van der Waals surface area contributed by atoms with Crippen LogP contribution in [0.1, 0.15) is 38.3 Å². The maximum Gasteiger partial charge on any atom is 0.0589 e. The number of aryl methyl sites for hydroxylation is 1. The van der Waals surface area contributed by atoms with Gasteiger partial charge >= 0.3 is 0 Å². The zero-order chi connectivity index (χ0) is 13.9. The highest BCUT2D eigenvalue weighted by atomic mass is 16.5. The summed E-state index contributed by atoms with van der Waals surface area (Å²) in [6.07, 6.45) is 2.32. The average molecular weight is 262 g/mol. The van der Waals surface area contributed by atoms with E-state index in [4.69, 9.17) is 4.74 Å². The molecule has 0 aliphatic carbocycles. The van der Waals surface area contributed by atoms with Crippen molar-refractivity contribution in [3.05, 3.63) is 35.4 Å². The van der Waals surface area contributed by atoms with E-state index in [1.807, 2.05) is 0 Å². The molecule has 1 fully saturated rings. The van der Waals surface area contributed by atoms with Crippen LogP contribution in [0.3, 0.4) is 0 Å². The lowest BCUT2D eigenvalue weighted by Gasteiger charge is -2.48. The van der Waals surface area contributed by atoms with Crippen molar-refractivity contribution in [3.63, 3.8) is 0 Å². The molecule has 2 nitrogen and oxygen atoms in total. The number of hydrogen-bond acceptors (Lipinski definition) is 2. The van der Waals surface area contributed by atoms with Crippen LogP contribution in [-0.2, 0) is 16.6 Å². The maximum atomic E-state index is 9.74. The number of aliphatic hydroxyl groups excluding tert-OH is 1. The molecule has 1 N–H and O–H groups in total. The lowest BCUT2D eigenvalue weighted by Crippen LogP contribution is -2.55. The normalized spacial score (nSPS) is 19.2. The molecule has 0 saturated carbocycles. The molecular formula is C17H26O2. The summed E-state index contributed by atoms with van der Waals surface area (Å²) in [4.78, 5) is 0. The fourth-order valence-electron chi connectivity index (χ4n) is 3.23. The number of aliphatic hydroxyl groups is 1. The Hall–Kier alpha value is -0.860. The van der Waals surface area contributed by atoms with E-state index in [2.05, 4.69) is 45.0 Å². The Morgan fingerprint density at radius 3 is 2.21 bits per heavy atom. The van der Waals surface area contributed by atoms with Crippen molar-refractivity contribution in [2.75, 3.05) is 19.8 Å². The van der Waals surface area contributed by atoms with Crippen LogP contribution in [0.4, 0.5) is 0 Å². The van der Waals surface area contributed by atoms with Crippen LogP contribution in [0.15, 0.2) is 24.3 Å². The summed E-state index contributed by atoms with van der Waals surface area (Å²) < 4.78 is 5.49. The molecule has 0 amide bonds. The highest BCUT2D eigenvalue weighted by Crippen LogP contribution is 2.42. The fraction of sp³-hybridized carbons (Fsp3) is 0.647. The Morgan fingerprint density at radius 1 is 1.21 bits per heavy atom. The van der Waals surface area contributed by atoms with E-state index in [1.54, 1.807) is 0 Å². The first-order valence-electron chi connectivity index (χ1n) is 7.42. The van der Waals surface area contributed by atoms with E-state index in [-0.39, 0.29) is 17.9 Å². The van der Waals surface area contributed by atoms with Gasteiger partial charge in [0.1, 0.15) is 0 Å². The van der Waals surface area contributed by atoms with E-state index < -0.39 is 0 Å². The molecular weight excluding hydrogens is 236 g/mol. The summed E-state index contributed by atoms with van der Waals surface area (Å²) in [5.41, 5.74) is 2.74. The molecule has 1 aromatic carbocycles. The number of rotatable bonds is 6. The van der Waals surface area contributed by atoms with Gasteiger partial charge in [0, 0.05) is 12.0 Å². The van der Waals surface area contributed by atoms with Gasteiger partial charge in [-0.3, -0.25) is 0 Å². The summed E-state index contributed by atoms with van der Waals surface area (Å²) in [7, 11) is 0. The zero-order valence-electron chi connectivity index (χ0n) is 12.4. The first kappa shape index (κ1) is 14.5. The summed E-state index contributed by atoms with van der Waals surface area (Å²) in [5.74, 6) is 0.738. The average Bonchev–Trinajstić information content (AvgIpc) is 2.34. The van der Waals surface area contributed by atoms with Crippen molar-refractivity contribution in [1.29, 1.82) is 0 Å². The molecule has 19 heavy (non-hydrogen) atoms. The third-order valence-corrected chi connectivity index (χ3v) is 4.50. The topological polar surface area (TPSA) is 29.5 Å². The second kappa shape index (κ2) is 6.06. The molecule has 1 unspecified atom stereocenters. The lowest BCUT2D eigenvalue weighted by molar-refractivity contribution is -0.111. The Labute approximate surface area is 116 Å². The smallest absolute Gasteiger partial charge is 0.0589 e. The van der Waals surface area contributed by atoms with Gasteiger partial charge in [0.25, 0.3) is 0 Å². The third-order valence-electron chi connectivity index (χ3n) is 4.50. The summed E-state index contributed by atoms with van der Waals surface area (Å²) in [5, 5.41) is 9.74. The molecule has 1 aliphatic rings. The van der Waals surface area contributed by atoms with Crippen molar-refractivity contribution < 1.29 is 9.84 Å². The minimum Gasteiger partial charge on any atom is -0.396 e. The molecule has 106 valence electrons. The third kappa shape index (κ3) is 2.70. The Morgan fingerprint density at radius 2 is 1.84 bits per heavy atom. The number of benzene rings is 1. The largest absolute Gasteiger partial charge is 0.396 e. The van der Waals surface area contributed by atoms with E-state index >= 15 is 0 Å². The molecule has 1 heterocycles. The van der Waals surface area contributed by atoms with Gasteiger partial charge in [-0.1, -0.05) is 51.5 Å². The molecule has 0 bridgehead atoms. The molecule has 1 atom stereocenters. The number of ether oxygens (including phenoxy) is 1. The van der Waals surface area contributed by atoms with Crippen LogP contribution >= 0.6 is 0 Å². The van der Waals surface area contributed by atoms with E-state index in [0.717, 1.165) is 19.6 Å². The van der Waals surface area contributed by atoms with Crippen molar-refractivity contribution >= 4 is 0 Å². The fourth-order valence-corrected chi connectivity index (χ4v) is 3.23. The minimum absolute atomic E-state index is 0.0215. The number of hydrogen-bond donors (Lipinski definition) is 1. The standard InChI is InChI=1S/C17H26O2/c1-4-5-14-6-8-15(9-7-14)17(11-19-12-17)16(10-18)13(2)3/h6-9,13,16,18H,4-5,10-12H2,1-3H3. The van der Waals surface area contributed by atoms with Gasteiger partial charge in [-0.15, -0.1) is 0 Å². The Bertz CT molecular complexity index is 390. The van der Waals surface area contributed by atoms with Crippen molar-refractivity contribution in [2.24, 2.45) is 11.8 Å². The van der Waals surface area contributed by atoms with Crippen molar-refractivity contribution in [3.8, 4) is 0 Å². The van der Waals surface area contributed by atoms with Gasteiger partial charge in [0.05, 0.1) is 13.2 Å². The van der Waals surface area contributed by atoms with Crippen LogP contribution in [0.25, 0.3) is 0 Å². The van der Waals surface area contributed by atoms with Crippen LogP contribution < -0.4 is 0 Å². The van der Waals surface area contributed by atoms with Gasteiger partial charge in [0.15, 0.2) is 0 Å². The second-order valence-corrected chi connectivity index (χ2v) is 6.13. The van der Waals surface area contributed by atoms with Crippen molar-refractivity contribution in [1.82, 2.24) is 0 Å². The van der Waals surface area contributed by atoms with Gasteiger partial charge < -0.3 is 9.84 Å². The first-order chi connectivity index (χ1) is 9.14. The van der Waals surface area contributed by atoms with Gasteiger partial charge in [-0.2, -0.15) is 0 Å². The molecule has 2 heteroatoms. The summed E-state index contributed by atoms with van der Waals surface area (Å²) >= 11 is 0. The van der Waals surface area contributed by atoms with Gasteiger partial charge in [-0.25, -0.2) is 0 Å². The predicted octanol–water partition coefficient (Wildman–Crippen LogP) is 3.17. The molecule has 2 rings (SSSR count). The molecule has 1 saturated heterocycles. The molecule has 0 aromatic heterocycles. The van der Waals surface area contributed by atoms with Gasteiger partial charge in [0.2, 0.25) is 0 Å².